The van der Waals surface area contributed by atoms with E-state index in [2.05, 4.69) is 50.2 Å². The molecule has 8 nitrogen and oxygen atoms in total. The van der Waals surface area contributed by atoms with Gasteiger partial charge in [-0.25, -0.2) is 0 Å². The van der Waals surface area contributed by atoms with Gasteiger partial charge in [-0.1, -0.05) is 27.7 Å². The van der Waals surface area contributed by atoms with Gasteiger partial charge >= 0.3 is 7.12 Å². The van der Waals surface area contributed by atoms with Gasteiger partial charge in [0.15, 0.2) is 0 Å². The molecule has 0 unspecified atom stereocenters. The number of amides is 2. The van der Waals surface area contributed by atoms with Crippen molar-refractivity contribution in [3.63, 3.8) is 0 Å². The van der Waals surface area contributed by atoms with Crippen LogP contribution in [0.1, 0.15) is 71.2 Å². The lowest BCUT2D eigenvalue weighted by Crippen LogP contribution is -2.65. The second kappa shape index (κ2) is 9.24. The van der Waals surface area contributed by atoms with Crippen LogP contribution in [0.15, 0.2) is 24.5 Å². The average Bonchev–Trinajstić information content (AvgIpc) is 3.13. The number of aromatic nitrogens is 1. The summed E-state index contributed by atoms with van der Waals surface area (Å²) in [5, 5.41) is 16.0. The number of pyridine rings is 1. The maximum atomic E-state index is 13.3. The second-order valence-corrected chi connectivity index (χ2v) is 11.5. The molecule has 2 heterocycles. The minimum atomic E-state index is -1.12. The summed E-state index contributed by atoms with van der Waals surface area (Å²) in [5.41, 5.74) is 0.177. The molecule has 0 aromatic carbocycles. The normalized spacial score (nSPS) is 31.8. The maximum absolute atomic E-state index is 13.3. The van der Waals surface area contributed by atoms with Crippen LogP contribution in [-0.2, 0) is 14.1 Å². The number of hydrogen-bond donors (Lipinski definition) is 3. The van der Waals surface area contributed by atoms with Crippen LogP contribution in [0.5, 0.6) is 0 Å². The zero-order valence-electron chi connectivity index (χ0n) is 21.1. The quantitative estimate of drug-likeness (QED) is 0.503. The predicted octanol–water partition coefficient (Wildman–Crippen LogP) is 2.36. The number of carbonyl (C=O) groups is 2. The molecule has 186 valence electrons. The highest BCUT2D eigenvalue weighted by Crippen LogP contribution is 2.65. The molecule has 2 bridgehead atoms. The van der Waals surface area contributed by atoms with E-state index >= 15 is 0 Å². The van der Waals surface area contributed by atoms with E-state index in [-0.39, 0.29) is 23.0 Å². The Bertz CT molecular complexity index is 911. The van der Waals surface area contributed by atoms with Crippen molar-refractivity contribution in [1.82, 2.24) is 15.6 Å². The predicted molar refractivity (Wildman–Crippen MR) is 129 cm³/mol. The Morgan fingerprint density at radius 1 is 1.24 bits per heavy atom. The van der Waals surface area contributed by atoms with Crippen molar-refractivity contribution in [3.05, 3.63) is 30.1 Å². The van der Waals surface area contributed by atoms with Crippen LogP contribution in [0.3, 0.4) is 0 Å². The molecule has 1 aliphatic heterocycles. The fraction of sp³-hybridized carbons (Fsp3) is 0.720. The molecular formula is C25H38BN3O5. The van der Waals surface area contributed by atoms with Gasteiger partial charge in [0.2, 0.25) is 5.91 Å². The number of nitrogens with zero attached hydrogens (tertiary/aromatic N) is 1. The number of rotatable bonds is 8. The van der Waals surface area contributed by atoms with Crippen molar-refractivity contribution in [2.24, 2.45) is 23.2 Å². The molecule has 1 aromatic rings. The molecule has 3 N–H and O–H groups in total. The number of carbonyl (C=O) groups excluding carboxylic acids is 2. The minimum Gasteiger partial charge on any atom is -0.404 e. The third-order valence-electron chi connectivity index (χ3n) is 8.33. The molecule has 1 aromatic heterocycles. The summed E-state index contributed by atoms with van der Waals surface area (Å²) in [6.07, 6.45) is 4.69. The van der Waals surface area contributed by atoms with Gasteiger partial charge in [0.1, 0.15) is 6.04 Å². The Labute approximate surface area is 202 Å². The first-order valence-electron chi connectivity index (χ1n) is 12.5. The van der Waals surface area contributed by atoms with E-state index in [4.69, 9.17) is 9.31 Å². The lowest BCUT2D eigenvalue weighted by atomic mass is 9.43. The van der Waals surface area contributed by atoms with Crippen LogP contribution in [0, 0.1) is 23.2 Å². The van der Waals surface area contributed by atoms with E-state index in [0.717, 1.165) is 12.8 Å². The summed E-state index contributed by atoms with van der Waals surface area (Å²) in [6, 6.07) is 2.13. The Morgan fingerprint density at radius 2 is 1.97 bits per heavy atom. The molecule has 1 saturated heterocycles. The van der Waals surface area contributed by atoms with Gasteiger partial charge in [0.05, 0.1) is 29.3 Å². The van der Waals surface area contributed by atoms with Crippen LogP contribution < -0.4 is 10.6 Å². The molecular weight excluding hydrogens is 433 g/mol. The molecule has 0 spiro atoms. The summed E-state index contributed by atoms with van der Waals surface area (Å²) in [5.74, 6) is 0.0181. The average molecular weight is 471 g/mol. The molecule has 3 saturated carbocycles. The standard InChI is InChI=1S/C25H38BN3O5/c1-14(2)10-20(26-33-19-12-17-11-18(24(17,4)5)25(19,6)34-26)28-23(32)21(15(3)30)29-22(31)16-8-7-9-27-13-16/h7-9,13-15,17-21,30H,10-12H2,1-6H3,(H,28,32)(H,29,31)/t15-,17-,18+,19-,20+,21+,25+/m1/s1. The van der Waals surface area contributed by atoms with Gasteiger partial charge in [0, 0.05) is 12.4 Å². The first-order chi connectivity index (χ1) is 15.9. The van der Waals surface area contributed by atoms with Gasteiger partial charge in [-0.05, 0) is 68.4 Å². The van der Waals surface area contributed by atoms with Crippen LogP contribution in [0.4, 0.5) is 0 Å². The molecule has 4 fully saturated rings. The molecule has 0 radical (unpaired) electrons. The van der Waals surface area contributed by atoms with Crippen molar-refractivity contribution < 1.29 is 24.0 Å². The van der Waals surface area contributed by atoms with Crippen molar-refractivity contribution in [3.8, 4) is 0 Å². The first kappa shape index (κ1) is 25.1. The van der Waals surface area contributed by atoms with Crippen LogP contribution in [-0.4, -0.2) is 58.8 Å². The second-order valence-electron chi connectivity index (χ2n) is 11.5. The van der Waals surface area contributed by atoms with E-state index in [9.17, 15) is 14.7 Å². The first-order valence-corrected chi connectivity index (χ1v) is 12.5. The van der Waals surface area contributed by atoms with E-state index in [1.54, 1.807) is 18.3 Å². The number of aliphatic hydroxyl groups is 1. The topological polar surface area (TPSA) is 110 Å². The Hall–Kier alpha value is -1.97. The zero-order chi connectivity index (χ0) is 24.8. The third kappa shape index (κ3) is 4.50. The Balaban J connectivity index is 1.47. The molecule has 9 heteroatoms. The maximum Gasteiger partial charge on any atom is 0.481 e. The molecule has 2 amide bonds. The molecule has 4 aliphatic rings. The molecule has 7 atom stereocenters. The van der Waals surface area contributed by atoms with E-state index in [1.807, 2.05) is 0 Å². The molecule has 34 heavy (non-hydrogen) atoms. The lowest BCUT2D eigenvalue weighted by molar-refractivity contribution is -0.199. The highest BCUT2D eigenvalue weighted by molar-refractivity contribution is 6.48. The highest BCUT2D eigenvalue weighted by atomic mass is 16.7. The third-order valence-corrected chi connectivity index (χ3v) is 8.33. The fourth-order valence-corrected chi connectivity index (χ4v) is 6.22. The zero-order valence-corrected chi connectivity index (χ0v) is 21.1. The summed E-state index contributed by atoms with van der Waals surface area (Å²) in [7, 11) is -0.569. The van der Waals surface area contributed by atoms with Gasteiger partial charge in [-0.2, -0.15) is 0 Å². The highest BCUT2D eigenvalue weighted by Gasteiger charge is 2.68. The van der Waals surface area contributed by atoms with Crippen LogP contribution in [0.25, 0.3) is 0 Å². The largest absolute Gasteiger partial charge is 0.481 e. The van der Waals surface area contributed by atoms with Crippen molar-refractivity contribution in [2.75, 3.05) is 0 Å². The fourth-order valence-electron chi connectivity index (χ4n) is 6.22. The summed E-state index contributed by atoms with van der Waals surface area (Å²) in [4.78, 5) is 29.8. The summed E-state index contributed by atoms with van der Waals surface area (Å²) >= 11 is 0. The molecule has 3 aliphatic carbocycles. The van der Waals surface area contributed by atoms with Gasteiger partial charge in [0.25, 0.3) is 5.91 Å². The summed E-state index contributed by atoms with van der Waals surface area (Å²) in [6.45, 7) is 12.4. The molecule has 5 rings (SSSR count). The van der Waals surface area contributed by atoms with Gasteiger partial charge < -0.3 is 25.0 Å². The van der Waals surface area contributed by atoms with Gasteiger partial charge in [-0.15, -0.1) is 0 Å². The minimum absolute atomic E-state index is 0.0127. The van der Waals surface area contributed by atoms with Crippen molar-refractivity contribution in [1.29, 1.82) is 0 Å². The van der Waals surface area contributed by atoms with E-state index in [0.29, 0.717) is 23.8 Å². The van der Waals surface area contributed by atoms with Gasteiger partial charge in [-0.3, -0.25) is 14.6 Å². The van der Waals surface area contributed by atoms with Crippen molar-refractivity contribution >= 4 is 18.9 Å². The van der Waals surface area contributed by atoms with Crippen LogP contribution in [0.2, 0.25) is 0 Å². The van der Waals surface area contributed by atoms with E-state index < -0.39 is 37.0 Å². The number of hydrogen-bond acceptors (Lipinski definition) is 6. The van der Waals surface area contributed by atoms with Crippen LogP contribution >= 0.6 is 0 Å². The van der Waals surface area contributed by atoms with Crippen molar-refractivity contribution in [2.45, 2.75) is 90.6 Å². The Kier molecular flexibility index (Phi) is 6.83. The Morgan fingerprint density at radius 3 is 2.56 bits per heavy atom. The number of aliphatic hydroxyl groups excluding tert-OH is 1. The number of nitrogens with one attached hydrogen (secondary N) is 2. The summed E-state index contributed by atoms with van der Waals surface area (Å²) < 4.78 is 13.0. The lowest BCUT2D eigenvalue weighted by Gasteiger charge is -2.64. The SMILES string of the molecule is CC(C)C[C@H](NC(=O)[C@@H](NC(=O)c1cccnc1)[C@@H](C)O)B1O[C@@H]2C[C@H]3C[C@@H](C3(C)C)[C@]2(C)O1. The van der Waals surface area contributed by atoms with E-state index in [1.165, 1.54) is 13.1 Å². The smallest absolute Gasteiger partial charge is 0.404 e. The monoisotopic (exact) mass is 471 g/mol.